The van der Waals surface area contributed by atoms with Crippen LogP contribution in [0.1, 0.15) is 226 Å². The maximum atomic E-state index is 12.8. The first-order chi connectivity index (χ1) is 32.0. The van der Waals surface area contributed by atoms with Gasteiger partial charge in [0.1, 0.15) is 13.2 Å². The van der Waals surface area contributed by atoms with Crippen molar-refractivity contribution in [1.82, 2.24) is 0 Å². The standard InChI is InChI=1S/C59H96O6/c1-4-7-10-13-16-19-22-25-27-28-29-30-32-34-37-40-43-46-49-52-58(61)64-55-56(54-63-57(60)51-48-45-42-39-36-33-24-21-18-15-12-9-6-3)65-59(62)53-50-47-44-41-38-35-31-26-23-20-17-14-11-8-5-2/h7-8,10-11,16-17,19-20,25-27,29-31,34,37,43,46,56H,4-6,9,12-15,18,21-24,28,32-33,35-36,38-42,44-45,47-55H2,1-3H3/b10-7+,11-8+,19-16+,20-17+,27-25+,30-29+,31-26+,37-34+,46-43+/t56-/m1/s1. The van der Waals surface area contributed by atoms with Crippen molar-refractivity contribution in [3.05, 3.63) is 109 Å². The molecule has 0 unspecified atom stereocenters. The Bertz CT molecular complexity index is 1360. The SMILES string of the molecule is CC/C=C/C/C=C/C/C=C/C/C=C/C/C=C/C/C=C/CCC(=O)OC[C@@H](COC(=O)CCCCCCCCCCCCCCC)OC(=O)CCCCCCC/C=C/C/C=C/C/C=C/CC. The van der Waals surface area contributed by atoms with Crippen LogP contribution < -0.4 is 0 Å². The summed E-state index contributed by atoms with van der Waals surface area (Å²) in [7, 11) is 0. The average molecular weight is 901 g/mol. The highest BCUT2D eigenvalue weighted by molar-refractivity contribution is 5.71. The van der Waals surface area contributed by atoms with Crippen LogP contribution in [-0.2, 0) is 28.6 Å². The number of allylic oxidation sites excluding steroid dienone is 18. The van der Waals surface area contributed by atoms with Crippen LogP contribution in [0.15, 0.2) is 109 Å². The molecule has 0 radical (unpaired) electrons. The van der Waals surface area contributed by atoms with Crippen LogP contribution in [-0.4, -0.2) is 37.2 Å². The molecular formula is C59H96O6. The number of carbonyl (C=O) groups is 3. The molecule has 0 N–H and O–H groups in total. The van der Waals surface area contributed by atoms with E-state index in [1.54, 1.807) is 0 Å². The van der Waals surface area contributed by atoms with Crippen molar-refractivity contribution in [3.8, 4) is 0 Å². The van der Waals surface area contributed by atoms with Crippen molar-refractivity contribution in [2.45, 2.75) is 232 Å². The second-order valence-corrected chi connectivity index (χ2v) is 17.0. The predicted molar refractivity (Wildman–Crippen MR) is 279 cm³/mol. The Morgan fingerprint density at radius 3 is 1.03 bits per heavy atom. The number of hydrogen-bond acceptors (Lipinski definition) is 6. The van der Waals surface area contributed by atoms with E-state index in [4.69, 9.17) is 14.2 Å². The van der Waals surface area contributed by atoms with Gasteiger partial charge in [0.15, 0.2) is 6.10 Å². The lowest BCUT2D eigenvalue weighted by Gasteiger charge is -2.18. The van der Waals surface area contributed by atoms with Crippen LogP contribution >= 0.6 is 0 Å². The van der Waals surface area contributed by atoms with Crippen LogP contribution in [0.5, 0.6) is 0 Å². The summed E-state index contributed by atoms with van der Waals surface area (Å²) in [5.41, 5.74) is 0. The first-order valence-corrected chi connectivity index (χ1v) is 26.4. The van der Waals surface area contributed by atoms with E-state index in [2.05, 4.69) is 118 Å². The Labute approximate surface area is 400 Å². The summed E-state index contributed by atoms with van der Waals surface area (Å²) in [6.45, 7) is 6.32. The molecule has 0 saturated carbocycles. The third-order valence-corrected chi connectivity index (χ3v) is 10.8. The van der Waals surface area contributed by atoms with Crippen LogP contribution in [0, 0.1) is 0 Å². The molecule has 65 heavy (non-hydrogen) atoms. The molecule has 1 atom stereocenters. The topological polar surface area (TPSA) is 78.9 Å². The smallest absolute Gasteiger partial charge is 0.306 e. The van der Waals surface area contributed by atoms with Gasteiger partial charge in [-0.05, 0) is 89.9 Å². The van der Waals surface area contributed by atoms with E-state index in [-0.39, 0.29) is 37.5 Å². The molecule has 6 heteroatoms. The van der Waals surface area contributed by atoms with Crippen molar-refractivity contribution >= 4 is 17.9 Å². The largest absolute Gasteiger partial charge is 0.462 e. The van der Waals surface area contributed by atoms with Crippen LogP contribution in [0.4, 0.5) is 0 Å². The molecule has 0 aliphatic rings. The summed E-state index contributed by atoms with van der Waals surface area (Å²) in [4.78, 5) is 38.0. The lowest BCUT2D eigenvalue weighted by molar-refractivity contribution is -0.166. The number of carbonyl (C=O) groups excluding carboxylic acids is 3. The van der Waals surface area contributed by atoms with Gasteiger partial charge in [0.2, 0.25) is 0 Å². The minimum Gasteiger partial charge on any atom is -0.462 e. The second kappa shape index (κ2) is 52.7. The molecule has 0 aromatic rings. The molecule has 0 aromatic carbocycles. The van der Waals surface area contributed by atoms with E-state index in [9.17, 15) is 14.4 Å². The molecule has 0 fully saturated rings. The quantitative estimate of drug-likeness (QED) is 0.0262. The van der Waals surface area contributed by atoms with Gasteiger partial charge in [0.25, 0.3) is 0 Å². The van der Waals surface area contributed by atoms with Gasteiger partial charge in [-0.2, -0.15) is 0 Å². The third-order valence-electron chi connectivity index (χ3n) is 10.8. The van der Waals surface area contributed by atoms with Gasteiger partial charge in [-0.3, -0.25) is 14.4 Å². The summed E-state index contributed by atoms with van der Waals surface area (Å²) >= 11 is 0. The summed E-state index contributed by atoms with van der Waals surface area (Å²) in [6.07, 6.45) is 70.8. The summed E-state index contributed by atoms with van der Waals surface area (Å²) in [6, 6.07) is 0. The molecule has 0 aliphatic carbocycles. The summed E-state index contributed by atoms with van der Waals surface area (Å²) in [5.74, 6) is -1.02. The molecular weight excluding hydrogens is 805 g/mol. The Morgan fingerprint density at radius 1 is 0.323 bits per heavy atom. The van der Waals surface area contributed by atoms with Crippen molar-refractivity contribution < 1.29 is 28.6 Å². The summed E-state index contributed by atoms with van der Waals surface area (Å²) in [5, 5.41) is 0. The van der Waals surface area contributed by atoms with E-state index in [1.807, 2.05) is 12.2 Å². The van der Waals surface area contributed by atoms with Crippen molar-refractivity contribution in [1.29, 1.82) is 0 Å². The Morgan fingerprint density at radius 2 is 0.631 bits per heavy atom. The Kier molecular flexibility index (Phi) is 49.5. The fraction of sp³-hybridized carbons (Fsp3) is 0.644. The monoisotopic (exact) mass is 901 g/mol. The Balaban J connectivity index is 4.53. The van der Waals surface area contributed by atoms with E-state index >= 15 is 0 Å². The molecule has 0 saturated heterocycles. The molecule has 0 heterocycles. The number of unbranched alkanes of at least 4 members (excludes halogenated alkanes) is 17. The van der Waals surface area contributed by atoms with E-state index in [0.717, 1.165) is 116 Å². The maximum Gasteiger partial charge on any atom is 0.306 e. The minimum absolute atomic E-state index is 0.108. The average Bonchev–Trinajstić information content (AvgIpc) is 3.30. The van der Waals surface area contributed by atoms with Gasteiger partial charge in [0.05, 0.1) is 0 Å². The molecule has 0 bridgehead atoms. The Hall–Kier alpha value is -3.93. The van der Waals surface area contributed by atoms with Gasteiger partial charge in [-0.25, -0.2) is 0 Å². The van der Waals surface area contributed by atoms with E-state index in [1.165, 1.54) is 64.2 Å². The van der Waals surface area contributed by atoms with Gasteiger partial charge >= 0.3 is 17.9 Å². The van der Waals surface area contributed by atoms with E-state index in [0.29, 0.717) is 19.3 Å². The van der Waals surface area contributed by atoms with Crippen LogP contribution in [0.2, 0.25) is 0 Å². The van der Waals surface area contributed by atoms with Gasteiger partial charge in [-0.15, -0.1) is 0 Å². The minimum atomic E-state index is -0.817. The van der Waals surface area contributed by atoms with Gasteiger partial charge in [0, 0.05) is 19.3 Å². The normalized spacial score (nSPS) is 13.0. The molecule has 0 amide bonds. The van der Waals surface area contributed by atoms with Crippen LogP contribution in [0.3, 0.4) is 0 Å². The number of hydrogen-bond donors (Lipinski definition) is 0. The zero-order valence-corrected chi connectivity index (χ0v) is 42.0. The lowest BCUT2D eigenvalue weighted by Crippen LogP contribution is -2.30. The highest BCUT2D eigenvalue weighted by Gasteiger charge is 2.19. The molecule has 6 nitrogen and oxygen atoms in total. The highest BCUT2D eigenvalue weighted by atomic mass is 16.6. The first-order valence-electron chi connectivity index (χ1n) is 26.4. The molecule has 0 aromatic heterocycles. The molecule has 0 aliphatic heterocycles. The van der Waals surface area contributed by atoms with Crippen molar-refractivity contribution in [3.63, 3.8) is 0 Å². The van der Waals surface area contributed by atoms with Crippen LogP contribution in [0.25, 0.3) is 0 Å². The fourth-order valence-electron chi connectivity index (χ4n) is 6.89. The second-order valence-electron chi connectivity index (χ2n) is 17.0. The number of esters is 3. The van der Waals surface area contributed by atoms with E-state index < -0.39 is 6.10 Å². The summed E-state index contributed by atoms with van der Waals surface area (Å²) < 4.78 is 16.7. The molecule has 0 spiro atoms. The third kappa shape index (κ3) is 50.9. The first kappa shape index (κ1) is 61.1. The van der Waals surface area contributed by atoms with Gasteiger partial charge in [-0.1, -0.05) is 226 Å². The zero-order valence-electron chi connectivity index (χ0n) is 42.0. The van der Waals surface area contributed by atoms with Crippen molar-refractivity contribution in [2.75, 3.05) is 13.2 Å². The highest BCUT2D eigenvalue weighted by Crippen LogP contribution is 2.14. The molecule has 0 rings (SSSR count). The lowest BCUT2D eigenvalue weighted by atomic mass is 10.0. The number of rotatable bonds is 46. The predicted octanol–water partition coefficient (Wildman–Crippen LogP) is 17.5. The number of ether oxygens (including phenoxy) is 3. The maximum absolute atomic E-state index is 12.8. The zero-order chi connectivity index (χ0) is 47.2. The van der Waals surface area contributed by atoms with Crippen molar-refractivity contribution in [2.24, 2.45) is 0 Å². The van der Waals surface area contributed by atoms with Gasteiger partial charge < -0.3 is 14.2 Å². The molecule has 368 valence electrons. The fourth-order valence-corrected chi connectivity index (χ4v) is 6.89.